The Hall–Kier alpha value is -1.11. The third-order valence-corrected chi connectivity index (χ3v) is 4.39. The lowest BCUT2D eigenvalue weighted by atomic mass is 9.71. The van der Waals surface area contributed by atoms with Crippen molar-refractivity contribution < 1.29 is 4.79 Å². The van der Waals surface area contributed by atoms with E-state index in [1.807, 2.05) is 0 Å². The second-order valence-corrected chi connectivity index (χ2v) is 5.32. The number of rotatable bonds is 1. The molecular weight excluding hydrogens is 196 g/mol. The summed E-state index contributed by atoms with van der Waals surface area (Å²) >= 11 is 0. The van der Waals surface area contributed by atoms with Crippen molar-refractivity contribution in [3.8, 4) is 0 Å². The molecule has 0 saturated heterocycles. The van der Waals surface area contributed by atoms with Crippen molar-refractivity contribution >= 4 is 5.78 Å². The van der Waals surface area contributed by atoms with Crippen molar-refractivity contribution in [2.45, 2.75) is 38.0 Å². The SMILES string of the molecule is O=C1C[C@H]2CCC[C@H](c3ccccc3)[C@H]2C1. The Balaban J connectivity index is 1.87. The molecule has 2 fully saturated rings. The highest BCUT2D eigenvalue weighted by atomic mass is 16.1. The number of carbonyl (C=O) groups excluding carboxylic acids is 1. The van der Waals surface area contributed by atoms with E-state index in [0.29, 0.717) is 23.5 Å². The highest BCUT2D eigenvalue weighted by Crippen LogP contribution is 2.48. The number of hydrogen-bond donors (Lipinski definition) is 0. The van der Waals surface area contributed by atoms with Crippen LogP contribution in [0.3, 0.4) is 0 Å². The molecule has 0 spiro atoms. The minimum atomic E-state index is 0.498. The van der Waals surface area contributed by atoms with Crippen LogP contribution in [0.1, 0.15) is 43.6 Å². The van der Waals surface area contributed by atoms with Gasteiger partial charge in [0.25, 0.3) is 0 Å². The van der Waals surface area contributed by atoms with E-state index in [4.69, 9.17) is 0 Å². The summed E-state index contributed by atoms with van der Waals surface area (Å²) in [5.41, 5.74) is 1.45. The lowest BCUT2D eigenvalue weighted by molar-refractivity contribution is -0.117. The second kappa shape index (κ2) is 4.04. The Morgan fingerprint density at radius 3 is 2.62 bits per heavy atom. The average Bonchev–Trinajstić information content (AvgIpc) is 2.70. The predicted molar refractivity (Wildman–Crippen MR) is 64.3 cm³/mol. The van der Waals surface area contributed by atoms with Crippen molar-refractivity contribution in [3.05, 3.63) is 35.9 Å². The van der Waals surface area contributed by atoms with Gasteiger partial charge in [0.1, 0.15) is 5.78 Å². The van der Waals surface area contributed by atoms with Crippen LogP contribution in [0.15, 0.2) is 30.3 Å². The number of Topliss-reactive ketones (excluding diaryl/α,β-unsaturated/α-hetero) is 1. The van der Waals surface area contributed by atoms with Gasteiger partial charge >= 0.3 is 0 Å². The van der Waals surface area contributed by atoms with E-state index in [0.717, 1.165) is 12.8 Å². The maximum atomic E-state index is 11.6. The number of benzene rings is 1. The Morgan fingerprint density at radius 1 is 1.00 bits per heavy atom. The standard InChI is InChI=1S/C15H18O/c16-13-9-12-7-4-8-14(15(12)10-13)11-5-2-1-3-6-11/h1-3,5-6,12,14-15H,4,7-10H2/t12-,14-,15+/m1/s1. The van der Waals surface area contributed by atoms with Crippen LogP contribution in [0.5, 0.6) is 0 Å². The summed E-state index contributed by atoms with van der Waals surface area (Å²) in [6.45, 7) is 0. The maximum absolute atomic E-state index is 11.6. The molecule has 16 heavy (non-hydrogen) atoms. The molecule has 0 radical (unpaired) electrons. The van der Waals surface area contributed by atoms with E-state index in [1.54, 1.807) is 0 Å². The van der Waals surface area contributed by atoms with Crippen LogP contribution in [0.2, 0.25) is 0 Å². The van der Waals surface area contributed by atoms with E-state index in [-0.39, 0.29) is 0 Å². The Labute approximate surface area is 96.9 Å². The summed E-state index contributed by atoms with van der Waals surface area (Å²) in [6.07, 6.45) is 5.55. The smallest absolute Gasteiger partial charge is 0.133 e. The van der Waals surface area contributed by atoms with Gasteiger partial charge in [-0.3, -0.25) is 4.79 Å². The van der Waals surface area contributed by atoms with Gasteiger partial charge in [0.05, 0.1) is 0 Å². The van der Waals surface area contributed by atoms with Crippen LogP contribution in [0.25, 0.3) is 0 Å². The van der Waals surface area contributed by atoms with E-state index in [9.17, 15) is 4.79 Å². The van der Waals surface area contributed by atoms with Gasteiger partial charge in [0, 0.05) is 12.8 Å². The Kier molecular flexibility index (Phi) is 2.55. The summed E-state index contributed by atoms with van der Waals surface area (Å²) in [7, 11) is 0. The zero-order chi connectivity index (χ0) is 11.0. The fraction of sp³-hybridized carbons (Fsp3) is 0.533. The van der Waals surface area contributed by atoms with Gasteiger partial charge < -0.3 is 0 Å². The molecule has 0 aromatic heterocycles. The first kappa shape index (κ1) is 10.1. The molecule has 1 heteroatoms. The third kappa shape index (κ3) is 1.68. The fourth-order valence-electron chi connectivity index (χ4n) is 3.67. The highest BCUT2D eigenvalue weighted by molar-refractivity contribution is 5.81. The van der Waals surface area contributed by atoms with Crippen LogP contribution < -0.4 is 0 Å². The molecule has 2 saturated carbocycles. The zero-order valence-corrected chi connectivity index (χ0v) is 9.56. The molecule has 0 unspecified atom stereocenters. The maximum Gasteiger partial charge on any atom is 0.133 e. The first-order valence-electron chi connectivity index (χ1n) is 6.41. The molecule has 0 N–H and O–H groups in total. The minimum absolute atomic E-state index is 0.498. The number of hydrogen-bond acceptors (Lipinski definition) is 1. The van der Waals surface area contributed by atoms with Gasteiger partial charge in [-0.15, -0.1) is 0 Å². The van der Waals surface area contributed by atoms with Crippen molar-refractivity contribution in [3.63, 3.8) is 0 Å². The normalized spacial score (nSPS) is 33.8. The molecule has 0 amide bonds. The molecule has 2 aliphatic rings. The van der Waals surface area contributed by atoms with Crippen LogP contribution in [0, 0.1) is 11.8 Å². The van der Waals surface area contributed by atoms with E-state index >= 15 is 0 Å². The molecule has 1 aromatic rings. The van der Waals surface area contributed by atoms with Crippen LogP contribution >= 0.6 is 0 Å². The van der Waals surface area contributed by atoms with Gasteiger partial charge in [0.15, 0.2) is 0 Å². The van der Waals surface area contributed by atoms with Gasteiger partial charge in [-0.05, 0) is 36.2 Å². The Bertz CT molecular complexity index is 382. The topological polar surface area (TPSA) is 17.1 Å². The molecular formula is C15H18O. The molecule has 84 valence electrons. The van der Waals surface area contributed by atoms with Crippen LogP contribution in [0.4, 0.5) is 0 Å². The first-order chi connectivity index (χ1) is 7.84. The van der Waals surface area contributed by atoms with Gasteiger partial charge in [-0.25, -0.2) is 0 Å². The second-order valence-electron chi connectivity index (χ2n) is 5.32. The average molecular weight is 214 g/mol. The number of ketones is 1. The third-order valence-electron chi connectivity index (χ3n) is 4.39. The molecule has 2 aliphatic carbocycles. The Morgan fingerprint density at radius 2 is 1.81 bits per heavy atom. The minimum Gasteiger partial charge on any atom is -0.300 e. The molecule has 0 heterocycles. The van der Waals surface area contributed by atoms with E-state index in [2.05, 4.69) is 30.3 Å². The summed E-state index contributed by atoms with van der Waals surface area (Å²) < 4.78 is 0. The lowest BCUT2D eigenvalue weighted by Crippen LogP contribution is -2.22. The summed E-state index contributed by atoms with van der Waals surface area (Å²) in [5, 5.41) is 0. The summed E-state index contributed by atoms with van der Waals surface area (Å²) in [6, 6.07) is 10.8. The van der Waals surface area contributed by atoms with E-state index < -0.39 is 0 Å². The molecule has 3 rings (SSSR count). The lowest BCUT2D eigenvalue weighted by Gasteiger charge is -2.33. The van der Waals surface area contributed by atoms with Crippen molar-refractivity contribution in [2.75, 3.05) is 0 Å². The highest BCUT2D eigenvalue weighted by Gasteiger charge is 2.40. The summed E-state index contributed by atoms with van der Waals surface area (Å²) in [4.78, 5) is 11.6. The van der Waals surface area contributed by atoms with Crippen molar-refractivity contribution in [1.82, 2.24) is 0 Å². The van der Waals surface area contributed by atoms with Crippen LogP contribution in [-0.4, -0.2) is 5.78 Å². The fourth-order valence-corrected chi connectivity index (χ4v) is 3.67. The number of carbonyl (C=O) groups is 1. The molecule has 3 atom stereocenters. The largest absolute Gasteiger partial charge is 0.300 e. The number of fused-ring (bicyclic) bond motifs is 1. The zero-order valence-electron chi connectivity index (χ0n) is 9.56. The van der Waals surface area contributed by atoms with Gasteiger partial charge in [-0.2, -0.15) is 0 Å². The molecule has 0 bridgehead atoms. The van der Waals surface area contributed by atoms with Gasteiger partial charge in [-0.1, -0.05) is 36.8 Å². The first-order valence-corrected chi connectivity index (χ1v) is 6.41. The van der Waals surface area contributed by atoms with Crippen LogP contribution in [-0.2, 0) is 4.79 Å². The molecule has 1 nitrogen and oxygen atoms in total. The van der Waals surface area contributed by atoms with E-state index in [1.165, 1.54) is 24.8 Å². The monoisotopic (exact) mass is 214 g/mol. The molecule has 0 aliphatic heterocycles. The van der Waals surface area contributed by atoms with Crippen molar-refractivity contribution in [2.24, 2.45) is 11.8 Å². The molecule has 1 aromatic carbocycles. The summed E-state index contributed by atoms with van der Waals surface area (Å²) in [5.74, 6) is 2.47. The van der Waals surface area contributed by atoms with Gasteiger partial charge in [0.2, 0.25) is 0 Å². The van der Waals surface area contributed by atoms with Crippen molar-refractivity contribution in [1.29, 1.82) is 0 Å². The quantitative estimate of drug-likeness (QED) is 0.698. The predicted octanol–water partition coefficient (Wildman–Crippen LogP) is 3.55.